The van der Waals surface area contributed by atoms with E-state index >= 15 is 0 Å². The van der Waals surface area contributed by atoms with Crippen LogP contribution in [0.2, 0.25) is 0 Å². The molecule has 0 unspecified atom stereocenters. The number of rotatable bonds is 2. The second-order valence-electron chi connectivity index (χ2n) is 4.82. The molecule has 2 aromatic heterocycles. The lowest BCUT2D eigenvalue weighted by Gasteiger charge is -2.44. The van der Waals surface area contributed by atoms with Crippen LogP contribution in [0.5, 0.6) is 5.75 Å². The molecule has 2 aromatic rings. The highest BCUT2D eigenvalue weighted by Gasteiger charge is 2.43. The lowest BCUT2D eigenvalue weighted by atomic mass is 9.97. The second-order valence-corrected chi connectivity index (χ2v) is 5.88. The number of fused-ring (bicyclic) bond motifs is 1. The van der Waals surface area contributed by atoms with E-state index in [0.29, 0.717) is 19.8 Å². The highest BCUT2D eigenvalue weighted by molar-refractivity contribution is 7.99. The number of anilines is 1. The molecule has 0 aliphatic carbocycles. The zero-order valence-electron chi connectivity index (χ0n) is 10.6. The maximum Gasteiger partial charge on any atom is 0.175 e. The molecule has 0 saturated carbocycles. The summed E-state index contributed by atoms with van der Waals surface area (Å²) in [6.45, 7) is 1.92. The van der Waals surface area contributed by atoms with Gasteiger partial charge in [-0.15, -0.1) is 0 Å². The molecule has 102 valence electrons. The van der Waals surface area contributed by atoms with E-state index in [1.807, 2.05) is 6.07 Å². The quantitative estimate of drug-likeness (QED) is 0.900. The molecule has 1 fully saturated rings. The van der Waals surface area contributed by atoms with Crippen molar-refractivity contribution in [2.75, 3.05) is 25.1 Å². The van der Waals surface area contributed by atoms with Crippen molar-refractivity contribution < 1.29 is 9.47 Å². The summed E-state index contributed by atoms with van der Waals surface area (Å²) in [6, 6.07) is 1.93. The van der Waals surface area contributed by atoms with Gasteiger partial charge in [-0.3, -0.25) is 4.98 Å². The summed E-state index contributed by atoms with van der Waals surface area (Å²) in [5.41, 5.74) is -0.101. The van der Waals surface area contributed by atoms with Gasteiger partial charge in [0.05, 0.1) is 24.3 Å². The SMILES string of the molecule is c1cnc(Sc2ccnc3c2OCC2(COC2)N3)cn1. The second kappa shape index (κ2) is 4.60. The molecular formula is C13H12N4O2S. The van der Waals surface area contributed by atoms with Crippen molar-refractivity contribution in [1.82, 2.24) is 15.0 Å². The van der Waals surface area contributed by atoms with Gasteiger partial charge in [-0.25, -0.2) is 9.97 Å². The van der Waals surface area contributed by atoms with Gasteiger partial charge >= 0.3 is 0 Å². The maximum absolute atomic E-state index is 5.91. The standard InChI is InChI=1S/C13H12N4O2S/c1-2-16-12-11(19-8-13(17-12)6-18-7-13)9(1)20-10-5-14-3-4-15-10/h1-5H,6-8H2,(H,16,17). The Hall–Kier alpha value is -1.86. The Balaban J connectivity index is 1.64. The maximum atomic E-state index is 5.91. The Morgan fingerprint density at radius 1 is 1.15 bits per heavy atom. The monoisotopic (exact) mass is 288 g/mol. The first-order valence-corrected chi connectivity index (χ1v) is 7.08. The van der Waals surface area contributed by atoms with Gasteiger partial charge in [-0.05, 0) is 6.07 Å². The van der Waals surface area contributed by atoms with Crippen molar-refractivity contribution in [2.45, 2.75) is 15.5 Å². The van der Waals surface area contributed by atoms with E-state index in [9.17, 15) is 0 Å². The zero-order chi connectivity index (χ0) is 13.4. The number of hydrogen-bond donors (Lipinski definition) is 1. The minimum Gasteiger partial charge on any atom is -0.486 e. The Morgan fingerprint density at radius 3 is 2.85 bits per heavy atom. The molecule has 0 bridgehead atoms. The Kier molecular flexibility index (Phi) is 2.75. The largest absolute Gasteiger partial charge is 0.486 e. The van der Waals surface area contributed by atoms with E-state index in [4.69, 9.17) is 9.47 Å². The third kappa shape index (κ3) is 1.99. The molecule has 0 amide bonds. The summed E-state index contributed by atoms with van der Waals surface area (Å²) in [7, 11) is 0. The Bertz CT molecular complexity index is 634. The van der Waals surface area contributed by atoms with Crippen LogP contribution in [0.4, 0.5) is 5.82 Å². The number of ether oxygens (including phenoxy) is 2. The van der Waals surface area contributed by atoms with Gasteiger partial charge in [0.25, 0.3) is 0 Å². The third-order valence-electron chi connectivity index (χ3n) is 3.26. The Morgan fingerprint density at radius 2 is 2.10 bits per heavy atom. The van der Waals surface area contributed by atoms with E-state index in [1.54, 1.807) is 24.8 Å². The van der Waals surface area contributed by atoms with E-state index in [1.165, 1.54) is 11.8 Å². The first-order chi connectivity index (χ1) is 9.85. The van der Waals surface area contributed by atoms with Crippen molar-refractivity contribution in [2.24, 2.45) is 0 Å². The van der Waals surface area contributed by atoms with Crippen LogP contribution >= 0.6 is 11.8 Å². The van der Waals surface area contributed by atoms with Gasteiger partial charge in [-0.1, -0.05) is 11.8 Å². The summed E-state index contributed by atoms with van der Waals surface area (Å²) in [4.78, 5) is 13.7. The normalized spacial score (nSPS) is 18.6. The molecule has 4 rings (SSSR count). The predicted molar refractivity (Wildman–Crippen MR) is 73.1 cm³/mol. The first kappa shape index (κ1) is 11.9. The molecule has 4 heterocycles. The highest BCUT2D eigenvalue weighted by Crippen LogP contribution is 2.42. The minimum absolute atomic E-state index is 0.101. The molecule has 1 N–H and O–H groups in total. The molecule has 0 radical (unpaired) electrons. The molecule has 0 atom stereocenters. The van der Waals surface area contributed by atoms with E-state index in [-0.39, 0.29) is 5.54 Å². The molecule has 1 spiro atoms. The van der Waals surface area contributed by atoms with Crippen LogP contribution in [0, 0.1) is 0 Å². The van der Waals surface area contributed by atoms with Crippen LogP contribution in [0.15, 0.2) is 40.8 Å². The number of pyridine rings is 1. The number of hydrogen-bond acceptors (Lipinski definition) is 7. The fourth-order valence-electron chi connectivity index (χ4n) is 2.19. The average Bonchev–Trinajstić information content (AvgIpc) is 2.46. The fourth-order valence-corrected chi connectivity index (χ4v) is 3.02. The van der Waals surface area contributed by atoms with E-state index in [0.717, 1.165) is 21.5 Å². The van der Waals surface area contributed by atoms with Gasteiger partial charge in [0.2, 0.25) is 0 Å². The Labute approximate surface area is 119 Å². The molecule has 1 saturated heterocycles. The minimum atomic E-state index is -0.101. The van der Waals surface area contributed by atoms with Gasteiger partial charge in [0, 0.05) is 18.6 Å². The molecule has 2 aliphatic heterocycles. The number of nitrogens with one attached hydrogen (secondary N) is 1. The highest BCUT2D eigenvalue weighted by atomic mass is 32.2. The topological polar surface area (TPSA) is 69.2 Å². The van der Waals surface area contributed by atoms with Crippen LogP contribution in [-0.2, 0) is 4.74 Å². The summed E-state index contributed by atoms with van der Waals surface area (Å²) in [6.07, 6.45) is 6.84. The lowest BCUT2D eigenvalue weighted by Crippen LogP contribution is -2.61. The summed E-state index contributed by atoms with van der Waals surface area (Å²) in [5.74, 6) is 1.55. The van der Waals surface area contributed by atoms with Crippen molar-refractivity contribution in [3.8, 4) is 5.75 Å². The van der Waals surface area contributed by atoms with Gasteiger partial charge in [0.1, 0.15) is 17.2 Å². The van der Waals surface area contributed by atoms with Gasteiger partial charge < -0.3 is 14.8 Å². The van der Waals surface area contributed by atoms with Crippen LogP contribution in [-0.4, -0.2) is 40.3 Å². The van der Waals surface area contributed by atoms with Crippen LogP contribution < -0.4 is 10.1 Å². The fraction of sp³-hybridized carbons (Fsp3) is 0.308. The van der Waals surface area contributed by atoms with Crippen LogP contribution in [0.3, 0.4) is 0 Å². The van der Waals surface area contributed by atoms with Crippen LogP contribution in [0.1, 0.15) is 0 Å². The molecule has 0 aromatic carbocycles. The zero-order valence-corrected chi connectivity index (χ0v) is 11.4. The smallest absolute Gasteiger partial charge is 0.175 e. The molecule has 7 heteroatoms. The molecular weight excluding hydrogens is 276 g/mol. The number of nitrogens with zero attached hydrogens (tertiary/aromatic N) is 3. The van der Waals surface area contributed by atoms with Gasteiger partial charge in [-0.2, -0.15) is 0 Å². The first-order valence-electron chi connectivity index (χ1n) is 6.26. The van der Waals surface area contributed by atoms with Crippen molar-refractivity contribution in [3.63, 3.8) is 0 Å². The summed E-state index contributed by atoms with van der Waals surface area (Å²) < 4.78 is 11.2. The third-order valence-corrected chi connectivity index (χ3v) is 4.22. The summed E-state index contributed by atoms with van der Waals surface area (Å²) >= 11 is 1.52. The van der Waals surface area contributed by atoms with Crippen molar-refractivity contribution in [1.29, 1.82) is 0 Å². The van der Waals surface area contributed by atoms with Crippen LogP contribution in [0.25, 0.3) is 0 Å². The van der Waals surface area contributed by atoms with E-state index < -0.39 is 0 Å². The molecule has 2 aliphatic rings. The van der Waals surface area contributed by atoms with Crippen molar-refractivity contribution in [3.05, 3.63) is 30.9 Å². The predicted octanol–water partition coefficient (Wildman–Crippen LogP) is 1.60. The summed E-state index contributed by atoms with van der Waals surface area (Å²) in [5, 5.41) is 4.26. The number of aromatic nitrogens is 3. The lowest BCUT2D eigenvalue weighted by molar-refractivity contribution is -0.0652. The van der Waals surface area contributed by atoms with Crippen molar-refractivity contribution >= 4 is 17.6 Å². The van der Waals surface area contributed by atoms with Gasteiger partial charge in [0.15, 0.2) is 11.6 Å². The molecule has 20 heavy (non-hydrogen) atoms. The molecule has 6 nitrogen and oxygen atoms in total. The average molecular weight is 288 g/mol. The van der Waals surface area contributed by atoms with E-state index in [2.05, 4.69) is 20.3 Å².